The summed E-state index contributed by atoms with van der Waals surface area (Å²) in [6, 6.07) is 9.17. The molecule has 0 heterocycles. The lowest BCUT2D eigenvalue weighted by Gasteiger charge is -2.28. The molecule has 252 valence electrons. The normalized spacial score (nSPS) is 16.4. The number of esters is 1. The average Bonchev–Trinajstić information content (AvgIpc) is 3.05. The third-order valence-corrected chi connectivity index (χ3v) is 9.26. The largest absolute Gasteiger partial charge is 0.494 e. The molecule has 0 N–H and O–H groups in total. The Morgan fingerprint density at radius 3 is 1.73 bits per heavy atom. The van der Waals surface area contributed by atoms with Crippen molar-refractivity contribution >= 4 is 5.97 Å². The van der Waals surface area contributed by atoms with Gasteiger partial charge in [-0.05, 0) is 67.5 Å². The molecule has 0 amide bonds. The molecule has 45 heavy (non-hydrogen) atoms. The molecule has 2 aromatic rings. The fourth-order valence-electron chi connectivity index (χ4n) is 6.39. The highest BCUT2D eigenvalue weighted by atomic mass is 19.2. The Morgan fingerprint density at radius 1 is 0.600 bits per heavy atom. The van der Waals surface area contributed by atoms with Crippen LogP contribution in [0.25, 0.3) is 0 Å². The van der Waals surface area contributed by atoms with Gasteiger partial charge in [0.2, 0.25) is 5.82 Å². The van der Waals surface area contributed by atoms with Gasteiger partial charge in [0.25, 0.3) is 0 Å². The molecule has 0 bridgehead atoms. The Balaban J connectivity index is 1.30. The van der Waals surface area contributed by atoms with Crippen molar-refractivity contribution in [3.63, 3.8) is 0 Å². The number of hydrogen-bond acceptors (Lipinski definition) is 4. The number of hydrogen-bond donors (Lipinski definition) is 0. The fraction of sp³-hybridized carbons (Fsp3) is 0.667. The number of rotatable bonds is 23. The number of benzene rings is 2. The first-order chi connectivity index (χ1) is 22.0. The van der Waals surface area contributed by atoms with Crippen molar-refractivity contribution in [2.75, 3.05) is 13.2 Å². The molecule has 0 radical (unpaired) electrons. The lowest BCUT2D eigenvalue weighted by Crippen LogP contribution is -2.15. The minimum Gasteiger partial charge on any atom is -0.494 e. The molecule has 0 saturated heterocycles. The van der Waals surface area contributed by atoms with E-state index >= 15 is 0 Å². The van der Waals surface area contributed by atoms with E-state index in [1.807, 2.05) is 0 Å². The van der Waals surface area contributed by atoms with E-state index in [9.17, 15) is 13.6 Å². The summed E-state index contributed by atoms with van der Waals surface area (Å²) in [7, 11) is 0. The topological polar surface area (TPSA) is 44.8 Å². The zero-order valence-electron chi connectivity index (χ0n) is 28.1. The number of unbranched alkanes of at least 4 members (excludes halogenated alkanes) is 11. The van der Waals surface area contributed by atoms with Gasteiger partial charge in [0, 0.05) is 0 Å². The molecular weight excluding hydrogens is 570 g/mol. The maximum Gasteiger partial charge on any atom is 0.346 e. The first-order valence-electron chi connectivity index (χ1n) is 18.1. The highest BCUT2D eigenvalue weighted by Gasteiger charge is 2.22. The van der Waals surface area contributed by atoms with Crippen LogP contribution in [0.5, 0.6) is 17.2 Å². The molecule has 0 atom stereocenters. The van der Waals surface area contributed by atoms with Crippen LogP contribution >= 0.6 is 0 Å². The van der Waals surface area contributed by atoms with Crippen LogP contribution < -0.4 is 14.2 Å². The van der Waals surface area contributed by atoms with E-state index in [0.717, 1.165) is 37.5 Å². The SMILES string of the molecule is CCCCCCCCCCCCOc1ccc(C(=O)Oc2ccc(OCCCC3CCC(CCCCC)CC3)cc2)c(F)c1F. The molecule has 4 nitrogen and oxygen atoms in total. The third-order valence-electron chi connectivity index (χ3n) is 9.26. The van der Waals surface area contributed by atoms with Gasteiger partial charge in [0.15, 0.2) is 11.6 Å². The minimum atomic E-state index is -1.26. The smallest absolute Gasteiger partial charge is 0.346 e. The molecule has 1 saturated carbocycles. The van der Waals surface area contributed by atoms with Crippen molar-refractivity contribution in [3.05, 3.63) is 53.6 Å². The van der Waals surface area contributed by atoms with Crippen molar-refractivity contribution < 1.29 is 27.8 Å². The van der Waals surface area contributed by atoms with Gasteiger partial charge in [0.1, 0.15) is 11.5 Å². The molecule has 0 unspecified atom stereocenters. The van der Waals surface area contributed by atoms with Crippen molar-refractivity contribution in [1.29, 1.82) is 0 Å². The molecule has 3 rings (SSSR count). The highest BCUT2D eigenvalue weighted by molar-refractivity contribution is 5.91. The van der Waals surface area contributed by atoms with Crippen LogP contribution in [0.2, 0.25) is 0 Å². The van der Waals surface area contributed by atoms with Crippen LogP contribution in [0.4, 0.5) is 8.78 Å². The van der Waals surface area contributed by atoms with Crippen molar-refractivity contribution in [3.8, 4) is 17.2 Å². The summed E-state index contributed by atoms with van der Waals surface area (Å²) >= 11 is 0. The van der Waals surface area contributed by atoms with Crippen LogP contribution in [0.3, 0.4) is 0 Å². The number of carbonyl (C=O) groups is 1. The van der Waals surface area contributed by atoms with Crippen LogP contribution in [-0.4, -0.2) is 19.2 Å². The molecule has 0 aliphatic heterocycles. The van der Waals surface area contributed by atoms with E-state index < -0.39 is 23.2 Å². The zero-order valence-corrected chi connectivity index (χ0v) is 28.1. The van der Waals surface area contributed by atoms with Crippen LogP contribution in [0.1, 0.15) is 153 Å². The van der Waals surface area contributed by atoms with Gasteiger partial charge in [0.05, 0.1) is 18.8 Å². The second-order valence-electron chi connectivity index (χ2n) is 13.0. The summed E-state index contributed by atoms with van der Waals surface area (Å²) in [5.41, 5.74) is -0.464. The maximum atomic E-state index is 14.7. The maximum absolute atomic E-state index is 14.7. The molecule has 0 aromatic heterocycles. The lowest BCUT2D eigenvalue weighted by atomic mass is 9.78. The lowest BCUT2D eigenvalue weighted by molar-refractivity contribution is 0.0728. The molecule has 1 aliphatic carbocycles. The van der Waals surface area contributed by atoms with E-state index in [-0.39, 0.29) is 11.5 Å². The predicted octanol–water partition coefficient (Wildman–Crippen LogP) is 12.0. The van der Waals surface area contributed by atoms with Crippen molar-refractivity contribution in [1.82, 2.24) is 0 Å². The monoisotopic (exact) mass is 628 g/mol. The minimum absolute atomic E-state index is 0.184. The summed E-state index contributed by atoms with van der Waals surface area (Å²) in [5, 5.41) is 0. The Bertz CT molecular complexity index is 1080. The highest BCUT2D eigenvalue weighted by Crippen LogP contribution is 2.34. The fourth-order valence-corrected chi connectivity index (χ4v) is 6.39. The molecule has 1 aliphatic rings. The number of carbonyl (C=O) groups excluding carboxylic acids is 1. The number of ether oxygens (including phenoxy) is 3. The average molecular weight is 629 g/mol. The Labute approximate surface area is 271 Å². The van der Waals surface area contributed by atoms with E-state index in [2.05, 4.69) is 13.8 Å². The first kappa shape index (κ1) is 36.8. The Morgan fingerprint density at radius 2 is 1.11 bits per heavy atom. The van der Waals surface area contributed by atoms with Crippen LogP contribution in [0, 0.1) is 23.5 Å². The summed E-state index contributed by atoms with van der Waals surface area (Å²) in [6.45, 7) is 5.45. The van der Waals surface area contributed by atoms with Crippen LogP contribution in [-0.2, 0) is 0 Å². The van der Waals surface area contributed by atoms with Crippen molar-refractivity contribution in [2.24, 2.45) is 11.8 Å². The zero-order chi connectivity index (χ0) is 32.1. The summed E-state index contributed by atoms with van der Waals surface area (Å²) in [6.07, 6.45) is 25.0. The van der Waals surface area contributed by atoms with Gasteiger partial charge in [-0.3, -0.25) is 0 Å². The molecular formula is C39H58F2O4. The molecule has 1 fully saturated rings. The van der Waals surface area contributed by atoms with E-state index in [1.165, 1.54) is 115 Å². The Hall–Kier alpha value is -2.63. The summed E-state index contributed by atoms with van der Waals surface area (Å²) in [5.74, 6) is -0.888. The van der Waals surface area contributed by atoms with E-state index in [0.29, 0.717) is 19.0 Å². The van der Waals surface area contributed by atoms with Gasteiger partial charge in [-0.25, -0.2) is 9.18 Å². The van der Waals surface area contributed by atoms with Crippen molar-refractivity contribution in [2.45, 2.75) is 142 Å². The quantitative estimate of drug-likeness (QED) is 0.0698. The second kappa shape index (κ2) is 22.0. The first-order valence-corrected chi connectivity index (χ1v) is 18.1. The summed E-state index contributed by atoms with van der Waals surface area (Å²) < 4.78 is 46.0. The predicted molar refractivity (Wildman–Crippen MR) is 179 cm³/mol. The van der Waals surface area contributed by atoms with Crippen LogP contribution in [0.15, 0.2) is 36.4 Å². The van der Waals surface area contributed by atoms with Gasteiger partial charge < -0.3 is 14.2 Å². The standard InChI is InChI=1S/C39H58F2O4/c1-3-5-7-8-9-10-11-12-13-15-29-44-36-28-27-35(37(40)38(36)41)39(42)45-34-25-23-33(24-26-34)43-30-16-18-32-21-19-31(20-22-32)17-14-6-4-2/h23-28,31-32H,3-22,29-30H2,1-2H3. The molecule has 6 heteroatoms. The molecule has 0 spiro atoms. The number of halogens is 2. The van der Waals surface area contributed by atoms with Gasteiger partial charge >= 0.3 is 5.97 Å². The van der Waals surface area contributed by atoms with E-state index in [1.54, 1.807) is 24.3 Å². The second-order valence-corrected chi connectivity index (χ2v) is 13.0. The van der Waals surface area contributed by atoms with Gasteiger partial charge in [-0.1, -0.05) is 123 Å². The van der Waals surface area contributed by atoms with E-state index in [4.69, 9.17) is 14.2 Å². The third kappa shape index (κ3) is 14.1. The Kier molecular flexibility index (Phi) is 18.0. The summed E-state index contributed by atoms with van der Waals surface area (Å²) in [4.78, 5) is 12.6. The molecule has 2 aromatic carbocycles. The van der Waals surface area contributed by atoms with Gasteiger partial charge in [-0.15, -0.1) is 0 Å². The van der Waals surface area contributed by atoms with Gasteiger partial charge in [-0.2, -0.15) is 4.39 Å².